The Labute approximate surface area is 89.2 Å². The topological polar surface area (TPSA) is 3.24 Å². The zero-order valence-electron chi connectivity index (χ0n) is 10.4. The summed E-state index contributed by atoms with van der Waals surface area (Å²) < 4.78 is 0. The lowest BCUT2D eigenvalue weighted by Gasteiger charge is -2.26. The lowest BCUT2D eigenvalue weighted by molar-refractivity contribution is 0.233. The molecule has 0 aliphatic carbocycles. The molecule has 1 heterocycles. The van der Waals surface area contributed by atoms with E-state index in [1.165, 1.54) is 19.5 Å². The molecule has 14 heavy (non-hydrogen) atoms. The monoisotopic (exact) mass is 195 g/mol. The highest BCUT2D eigenvalue weighted by molar-refractivity contribution is 5.11. The second kappa shape index (κ2) is 4.97. The Kier molecular flexibility index (Phi) is 4.18. The van der Waals surface area contributed by atoms with Gasteiger partial charge in [0.2, 0.25) is 0 Å². The smallest absolute Gasteiger partial charge is 0.0198 e. The third-order valence-electron chi connectivity index (χ3n) is 3.23. The average molecular weight is 195 g/mol. The standard InChI is InChI=1S/C13H25N/c1-10(2)13-8-12(5)6-7-14(9-13)11(3)4/h8,10-12H,6-7,9H2,1-5H3. The molecular weight excluding hydrogens is 170 g/mol. The van der Waals surface area contributed by atoms with Crippen molar-refractivity contribution in [3.05, 3.63) is 11.6 Å². The molecule has 1 aliphatic heterocycles. The van der Waals surface area contributed by atoms with Gasteiger partial charge in [0.1, 0.15) is 0 Å². The zero-order chi connectivity index (χ0) is 10.7. The summed E-state index contributed by atoms with van der Waals surface area (Å²) in [6.07, 6.45) is 3.81. The van der Waals surface area contributed by atoms with Gasteiger partial charge in [-0.15, -0.1) is 0 Å². The SMILES string of the molecule is CC1C=C(C(C)C)CN(C(C)C)CC1. The van der Waals surface area contributed by atoms with Gasteiger partial charge in [0.25, 0.3) is 0 Å². The third-order valence-corrected chi connectivity index (χ3v) is 3.23. The third kappa shape index (κ3) is 3.13. The molecule has 0 saturated heterocycles. The van der Waals surface area contributed by atoms with Crippen LogP contribution in [0.3, 0.4) is 0 Å². The van der Waals surface area contributed by atoms with E-state index in [2.05, 4.69) is 45.6 Å². The van der Waals surface area contributed by atoms with Crippen molar-refractivity contribution in [2.75, 3.05) is 13.1 Å². The molecule has 0 radical (unpaired) electrons. The zero-order valence-corrected chi connectivity index (χ0v) is 10.4. The number of rotatable bonds is 2. The van der Waals surface area contributed by atoms with Crippen LogP contribution in [-0.4, -0.2) is 24.0 Å². The maximum atomic E-state index is 2.59. The molecule has 0 fully saturated rings. The summed E-state index contributed by atoms with van der Waals surface area (Å²) in [5, 5.41) is 0. The highest BCUT2D eigenvalue weighted by Crippen LogP contribution is 2.21. The molecular formula is C13H25N. The summed E-state index contributed by atoms with van der Waals surface area (Å²) in [6, 6.07) is 0.683. The van der Waals surface area contributed by atoms with E-state index in [4.69, 9.17) is 0 Å². The van der Waals surface area contributed by atoms with Crippen LogP contribution in [0.25, 0.3) is 0 Å². The summed E-state index contributed by atoms with van der Waals surface area (Å²) in [4.78, 5) is 2.59. The largest absolute Gasteiger partial charge is 0.297 e. The van der Waals surface area contributed by atoms with Gasteiger partial charge in [0.15, 0.2) is 0 Å². The van der Waals surface area contributed by atoms with Crippen molar-refractivity contribution >= 4 is 0 Å². The van der Waals surface area contributed by atoms with E-state index in [1.807, 2.05) is 0 Å². The Morgan fingerprint density at radius 3 is 2.43 bits per heavy atom. The van der Waals surface area contributed by atoms with E-state index in [0.29, 0.717) is 12.0 Å². The maximum absolute atomic E-state index is 2.59. The average Bonchev–Trinajstić information content (AvgIpc) is 2.26. The van der Waals surface area contributed by atoms with Gasteiger partial charge < -0.3 is 0 Å². The predicted octanol–water partition coefficient (Wildman–Crippen LogP) is 3.32. The molecule has 0 amide bonds. The van der Waals surface area contributed by atoms with E-state index in [1.54, 1.807) is 5.57 Å². The van der Waals surface area contributed by atoms with Gasteiger partial charge in [-0.05, 0) is 38.6 Å². The van der Waals surface area contributed by atoms with Gasteiger partial charge in [-0.25, -0.2) is 0 Å². The second-order valence-electron chi connectivity index (χ2n) is 5.23. The van der Waals surface area contributed by atoms with E-state index in [9.17, 15) is 0 Å². The minimum Gasteiger partial charge on any atom is -0.297 e. The second-order valence-corrected chi connectivity index (χ2v) is 5.23. The molecule has 0 spiro atoms. The van der Waals surface area contributed by atoms with Crippen LogP contribution in [0, 0.1) is 11.8 Å². The normalized spacial score (nSPS) is 25.4. The van der Waals surface area contributed by atoms with Crippen LogP contribution in [0.2, 0.25) is 0 Å². The molecule has 0 aromatic heterocycles. The lowest BCUT2D eigenvalue weighted by atomic mass is 9.98. The molecule has 82 valence electrons. The first-order valence-electron chi connectivity index (χ1n) is 5.95. The lowest BCUT2D eigenvalue weighted by Crippen LogP contribution is -2.33. The molecule has 1 atom stereocenters. The minimum absolute atomic E-state index is 0.683. The molecule has 0 saturated carbocycles. The van der Waals surface area contributed by atoms with Crippen LogP contribution in [-0.2, 0) is 0 Å². The van der Waals surface area contributed by atoms with Crippen molar-refractivity contribution < 1.29 is 0 Å². The van der Waals surface area contributed by atoms with Gasteiger partial charge in [-0.3, -0.25) is 4.90 Å². The van der Waals surface area contributed by atoms with Crippen LogP contribution < -0.4 is 0 Å². The van der Waals surface area contributed by atoms with Crippen molar-refractivity contribution in [2.24, 2.45) is 11.8 Å². The first kappa shape index (κ1) is 11.8. The highest BCUT2D eigenvalue weighted by atomic mass is 15.1. The van der Waals surface area contributed by atoms with E-state index >= 15 is 0 Å². The first-order chi connectivity index (χ1) is 6.50. The molecule has 1 rings (SSSR count). The van der Waals surface area contributed by atoms with E-state index in [-0.39, 0.29) is 0 Å². The van der Waals surface area contributed by atoms with Gasteiger partial charge in [-0.1, -0.05) is 32.4 Å². The molecule has 1 aliphatic rings. The molecule has 0 N–H and O–H groups in total. The van der Waals surface area contributed by atoms with Crippen molar-refractivity contribution in [1.82, 2.24) is 4.90 Å². The molecule has 0 bridgehead atoms. The summed E-state index contributed by atoms with van der Waals surface area (Å²) in [7, 11) is 0. The Bertz CT molecular complexity index is 203. The first-order valence-corrected chi connectivity index (χ1v) is 5.95. The van der Waals surface area contributed by atoms with Crippen LogP contribution in [0.5, 0.6) is 0 Å². The van der Waals surface area contributed by atoms with Gasteiger partial charge in [-0.2, -0.15) is 0 Å². The number of nitrogens with zero attached hydrogens (tertiary/aromatic N) is 1. The van der Waals surface area contributed by atoms with E-state index < -0.39 is 0 Å². The van der Waals surface area contributed by atoms with Crippen LogP contribution in [0.15, 0.2) is 11.6 Å². The fraction of sp³-hybridized carbons (Fsp3) is 0.846. The number of hydrogen-bond donors (Lipinski definition) is 0. The highest BCUT2D eigenvalue weighted by Gasteiger charge is 2.18. The fourth-order valence-electron chi connectivity index (χ4n) is 2.00. The summed E-state index contributed by atoms with van der Waals surface area (Å²) in [5.74, 6) is 1.47. The maximum Gasteiger partial charge on any atom is 0.0198 e. The summed E-state index contributed by atoms with van der Waals surface area (Å²) >= 11 is 0. The Morgan fingerprint density at radius 2 is 1.93 bits per heavy atom. The van der Waals surface area contributed by atoms with Crippen LogP contribution in [0.4, 0.5) is 0 Å². The Balaban J connectivity index is 2.71. The number of hydrogen-bond acceptors (Lipinski definition) is 1. The molecule has 1 unspecified atom stereocenters. The quantitative estimate of drug-likeness (QED) is 0.611. The van der Waals surface area contributed by atoms with Crippen molar-refractivity contribution in [2.45, 2.75) is 47.1 Å². The molecule has 1 heteroatoms. The number of allylic oxidation sites excluding steroid dienone is 1. The van der Waals surface area contributed by atoms with Crippen molar-refractivity contribution in [1.29, 1.82) is 0 Å². The van der Waals surface area contributed by atoms with Crippen LogP contribution >= 0.6 is 0 Å². The summed E-state index contributed by atoms with van der Waals surface area (Å²) in [6.45, 7) is 14.0. The van der Waals surface area contributed by atoms with Crippen molar-refractivity contribution in [3.63, 3.8) is 0 Å². The predicted molar refractivity (Wildman–Crippen MR) is 63.4 cm³/mol. The molecule has 1 nitrogen and oxygen atoms in total. The molecule has 0 aromatic carbocycles. The minimum atomic E-state index is 0.683. The Morgan fingerprint density at radius 1 is 1.29 bits per heavy atom. The van der Waals surface area contributed by atoms with Crippen LogP contribution in [0.1, 0.15) is 41.0 Å². The fourth-order valence-corrected chi connectivity index (χ4v) is 2.00. The van der Waals surface area contributed by atoms with Crippen molar-refractivity contribution in [3.8, 4) is 0 Å². The van der Waals surface area contributed by atoms with Gasteiger partial charge in [0, 0.05) is 12.6 Å². The Hall–Kier alpha value is -0.300. The van der Waals surface area contributed by atoms with E-state index in [0.717, 1.165) is 5.92 Å². The summed E-state index contributed by atoms with van der Waals surface area (Å²) in [5.41, 5.74) is 1.63. The molecule has 0 aromatic rings. The van der Waals surface area contributed by atoms with Gasteiger partial charge in [0.05, 0.1) is 0 Å². The van der Waals surface area contributed by atoms with Gasteiger partial charge >= 0.3 is 0 Å².